The number of carboxylic acids is 1. The van der Waals surface area contributed by atoms with Crippen LogP contribution in [0.3, 0.4) is 0 Å². The van der Waals surface area contributed by atoms with Crippen molar-refractivity contribution in [3.63, 3.8) is 0 Å². The SMILES string of the molecule is CC(C)C(CCO)Nc1nc(C(F)(F)F)ccc1C(=O)O. The number of aliphatic hydroxyl groups is 1. The maximum absolute atomic E-state index is 12.7. The summed E-state index contributed by atoms with van der Waals surface area (Å²) in [6, 6.07) is 1.12. The van der Waals surface area contributed by atoms with E-state index >= 15 is 0 Å². The summed E-state index contributed by atoms with van der Waals surface area (Å²) >= 11 is 0. The third-order valence-corrected chi connectivity index (χ3v) is 2.98. The fraction of sp³-hybridized carbons (Fsp3) is 0.538. The number of aromatic nitrogens is 1. The number of carbonyl (C=O) groups is 1. The number of aliphatic hydroxyl groups excluding tert-OH is 1. The molecular formula is C13H17F3N2O3. The van der Waals surface area contributed by atoms with Crippen molar-refractivity contribution in [1.82, 2.24) is 4.98 Å². The number of halogens is 3. The van der Waals surface area contributed by atoms with Gasteiger partial charge in [-0.25, -0.2) is 9.78 Å². The Morgan fingerprint density at radius 3 is 2.43 bits per heavy atom. The molecule has 1 rings (SSSR count). The number of carboxylic acid groups (broad SMARTS) is 1. The van der Waals surface area contributed by atoms with E-state index in [1.165, 1.54) is 0 Å². The first kappa shape index (κ1) is 17.2. The summed E-state index contributed by atoms with van der Waals surface area (Å²) in [5, 5.41) is 20.7. The number of pyridine rings is 1. The van der Waals surface area contributed by atoms with Gasteiger partial charge < -0.3 is 15.5 Å². The molecule has 118 valence electrons. The predicted octanol–water partition coefficient (Wildman–Crippen LogP) is 2.62. The molecule has 1 aromatic rings. The van der Waals surface area contributed by atoms with Crippen molar-refractivity contribution in [2.24, 2.45) is 5.92 Å². The van der Waals surface area contributed by atoms with Gasteiger partial charge in [0.1, 0.15) is 17.1 Å². The van der Waals surface area contributed by atoms with Crippen LogP contribution in [0.25, 0.3) is 0 Å². The highest BCUT2D eigenvalue weighted by Gasteiger charge is 2.34. The van der Waals surface area contributed by atoms with Crippen LogP contribution in [0.2, 0.25) is 0 Å². The van der Waals surface area contributed by atoms with Crippen LogP contribution in [0.5, 0.6) is 0 Å². The van der Waals surface area contributed by atoms with E-state index in [-0.39, 0.29) is 36.4 Å². The Morgan fingerprint density at radius 2 is 2.00 bits per heavy atom. The van der Waals surface area contributed by atoms with Crippen molar-refractivity contribution >= 4 is 11.8 Å². The van der Waals surface area contributed by atoms with Gasteiger partial charge in [-0.1, -0.05) is 13.8 Å². The molecule has 0 amide bonds. The average molecular weight is 306 g/mol. The molecule has 3 N–H and O–H groups in total. The van der Waals surface area contributed by atoms with Crippen molar-refractivity contribution in [2.45, 2.75) is 32.5 Å². The average Bonchev–Trinajstić information content (AvgIpc) is 2.36. The van der Waals surface area contributed by atoms with E-state index in [1.54, 1.807) is 13.8 Å². The van der Waals surface area contributed by atoms with E-state index in [4.69, 9.17) is 10.2 Å². The lowest BCUT2D eigenvalue weighted by molar-refractivity contribution is -0.141. The normalized spacial score (nSPS) is 13.3. The van der Waals surface area contributed by atoms with E-state index in [9.17, 15) is 18.0 Å². The summed E-state index contributed by atoms with van der Waals surface area (Å²) in [7, 11) is 0. The molecule has 0 aliphatic heterocycles. The van der Waals surface area contributed by atoms with Crippen LogP contribution in [0.4, 0.5) is 19.0 Å². The van der Waals surface area contributed by atoms with Gasteiger partial charge in [-0.2, -0.15) is 13.2 Å². The standard InChI is InChI=1S/C13H17F3N2O3/c1-7(2)9(5-6-19)17-11-8(12(20)21)3-4-10(18-11)13(14,15)16/h3-4,7,9,19H,5-6H2,1-2H3,(H,17,18)(H,20,21). The summed E-state index contributed by atoms with van der Waals surface area (Å²) < 4.78 is 38.0. The van der Waals surface area contributed by atoms with Gasteiger partial charge in [-0.3, -0.25) is 0 Å². The summed E-state index contributed by atoms with van der Waals surface area (Å²) in [5.41, 5.74) is -1.51. The number of aromatic carboxylic acids is 1. The summed E-state index contributed by atoms with van der Waals surface area (Å²) in [6.07, 6.45) is -4.38. The van der Waals surface area contributed by atoms with E-state index in [0.29, 0.717) is 6.07 Å². The fourth-order valence-electron chi connectivity index (χ4n) is 1.79. The van der Waals surface area contributed by atoms with Crippen molar-refractivity contribution in [3.8, 4) is 0 Å². The number of nitrogens with one attached hydrogen (secondary N) is 1. The minimum absolute atomic E-state index is 0.0184. The monoisotopic (exact) mass is 306 g/mol. The lowest BCUT2D eigenvalue weighted by Gasteiger charge is -2.23. The first-order valence-corrected chi connectivity index (χ1v) is 6.35. The highest BCUT2D eigenvalue weighted by molar-refractivity contribution is 5.93. The van der Waals surface area contributed by atoms with Crippen LogP contribution in [0, 0.1) is 5.92 Å². The Morgan fingerprint density at radius 1 is 1.38 bits per heavy atom. The molecule has 0 fully saturated rings. The van der Waals surface area contributed by atoms with Gasteiger partial charge in [0.05, 0.1) is 0 Å². The molecule has 0 radical (unpaired) electrons. The molecule has 1 unspecified atom stereocenters. The van der Waals surface area contributed by atoms with Gasteiger partial charge in [0, 0.05) is 12.6 Å². The molecule has 0 saturated carbocycles. The highest BCUT2D eigenvalue weighted by Crippen LogP contribution is 2.30. The fourth-order valence-corrected chi connectivity index (χ4v) is 1.79. The van der Waals surface area contributed by atoms with Crippen LogP contribution >= 0.6 is 0 Å². The van der Waals surface area contributed by atoms with Crippen LogP contribution in [-0.4, -0.2) is 33.8 Å². The molecule has 1 atom stereocenters. The highest BCUT2D eigenvalue weighted by atomic mass is 19.4. The van der Waals surface area contributed by atoms with Crippen molar-refractivity contribution in [3.05, 3.63) is 23.4 Å². The summed E-state index contributed by atoms with van der Waals surface area (Å²) in [5.74, 6) is -1.73. The largest absolute Gasteiger partial charge is 0.478 e. The van der Waals surface area contributed by atoms with Crippen LogP contribution < -0.4 is 5.32 Å². The second kappa shape index (κ2) is 6.75. The molecule has 0 aliphatic carbocycles. The van der Waals surface area contributed by atoms with Gasteiger partial charge in [0.15, 0.2) is 0 Å². The Kier molecular flexibility index (Phi) is 5.54. The molecule has 0 bridgehead atoms. The zero-order valence-corrected chi connectivity index (χ0v) is 11.6. The number of hydrogen-bond acceptors (Lipinski definition) is 4. The number of rotatable bonds is 6. The second-order valence-corrected chi connectivity index (χ2v) is 4.90. The van der Waals surface area contributed by atoms with E-state index in [2.05, 4.69) is 10.3 Å². The Labute approximate surface area is 119 Å². The number of hydrogen-bond donors (Lipinski definition) is 3. The lowest BCUT2D eigenvalue weighted by atomic mass is 10.0. The zero-order chi connectivity index (χ0) is 16.2. The third-order valence-electron chi connectivity index (χ3n) is 2.98. The molecule has 1 heterocycles. The molecule has 5 nitrogen and oxygen atoms in total. The number of nitrogens with zero attached hydrogens (tertiary/aromatic N) is 1. The van der Waals surface area contributed by atoms with Crippen LogP contribution in [0.1, 0.15) is 36.3 Å². The number of anilines is 1. The lowest BCUT2D eigenvalue weighted by Crippen LogP contribution is -2.29. The van der Waals surface area contributed by atoms with Gasteiger partial charge in [0.2, 0.25) is 0 Å². The van der Waals surface area contributed by atoms with Crippen molar-refractivity contribution < 1.29 is 28.2 Å². The first-order valence-electron chi connectivity index (χ1n) is 6.35. The molecule has 1 aromatic heterocycles. The second-order valence-electron chi connectivity index (χ2n) is 4.90. The van der Waals surface area contributed by atoms with Crippen LogP contribution in [-0.2, 0) is 6.18 Å². The molecule has 0 spiro atoms. The van der Waals surface area contributed by atoms with Gasteiger partial charge in [-0.05, 0) is 24.5 Å². The predicted molar refractivity (Wildman–Crippen MR) is 70.1 cm³/mol. The summed E-state index contributed by atoms with van der Waals surface area (Å²) in [4.78, 5) is 14.5. The molecule has 21 heavy (non-hydrogen) atoms. The smallest absolute Gasteiger partial charge is 0.433 e. The molecule has 0 aliphatic rings. The number of alkyl halides is 3. The van der Waals surface area contributed by atoms with E-state index in [0.717, 1.165) is 6.07 Å². The maximum atomic E-state index is 12.7. The Hall–Kier alpha value is -1.83. The van der Waals surface area contributed by atoms with E-state index in [1.807, 2.05) is 0 Å². The minimum Gasteiger partial charge on any atom is -0.478 e. The zero-order valence-electron chi connectivity index (χ0n) is 11.6. The molecular weight excluding hydrogens is 289 g/mol. The van der Waals surface area contributed by atoms with Gasteiger partial charge in [-0.15, -0.1) is 0 Å². The topological polar surface area (TPSA) is 82.5 Å². The van der Waals surface area contributed by atoms with Crippen LogP contribution in [0.15, 0.2) is 12.1 Å². The minimum atomic E-state index is -4.65. The van der Waals surface area contributed by atoms with Crippen molar-refractivity contribution in [1.29, 1.82) is 0 Å². The first-order chi connectivity index (χ1) is 9.66. The Balaban J connectivity index is 3.20. The third kappa shape index (κ3) is 4.59. The molecule has 0 saturated heterocycles. The van der Waals surface area contributed by atoms with Gasteiger partial charge >= 0.3 is 12.1 Å². The van der Waals surface area contributed by atoms with E-state index < -0.39 is 17.8 Å². The quantitative estimate of drug-likeness (QED) is 0.752. The van der Waals surface area contributed by atoms with Crippen molar-refractivity contribution in [2.75, 3.05) is 11.9 Å². The molecule has 0 aromatic carbocycles. The summed E-state index contributed by atoms with van der Waals surface area (Å²) in [6.45, 7) is 3.44. The maximum Gasteiger partial charge on any atom is 0.433 e. The Bertz CT molecular complexity index is 504. The van der Waals surface area contributed by atoms with Gasteiger partial charge in [0.25, 0.3) is 0 Å². The molecule has 8 heteroatoms.